The number of carboxylic acid groups (broad SMARTS) is 1. The maximum atomic E-state index is 12.0. The molecule has 0 saturated carbocycles. The number of hydrogen-bond donors (Lipinski definition) is 1. The van der Waals surface area contributed by atoms with Gasteiger partial charge in [0.25, 0.3) is 0 Å². The fraction of sp³-hybridized carbons (Fsp3) is 0.231. The molecule has 18 heavy (non-hydrogen) atoms. The van der Waals surface area contributed by atoms with Gasteiger partial charge in [0.15, 0.2) is 5.43 Å². The number of aromatic carboxylic acids is 1. The van der Waals surface area contributed by atoms with Crippen molar-refractivity contribution in [2.45, 2.75) is 19.9 Å². The van der Waals surface area contributed by atoms with Gasteiger partial charge in [-0.05, 0) is 54.6 Å². The minimum atomic E-state index is -1.08. The van der Waals surface area contributed by atoms with Crippen molar-refractivity contribution in [2.75, 3.05) is 0 Å². The van der Waals surface area contributed by atoms with Gasteiger partial charge in [0.2, 0.25) is 0 Å². The fourth-order valence-corrected chi connectivity index (χ4v) is 2.53. The minimum Gasteiger partial charge on any atom is -0.477 e. The Morgan fingerprint density at radius 3 is 2.56 bits per heavy atom. The van der Waals surface area contributed by atoms with E-state index >= 15 is 0 Å². The van der Waals surface area contributed by atoms with Crippen molar-refractivity contribution in [1.29, 1.82) is 0 Å². The molecule has 0 aliphatic carbocycles. The first kappa shape index (κ1) is 13.1. The van der Waals surface area contributed by atoms with Crippen LogP contribution in [-0.4, -0.2) is 15.6 Å². The molecule has 5 heteroatoms. The topological polar surface area (TPSA) is 59.3 Å². The van der Waals surface area contributed by atoms with Crippen molar-refractivity contribution in [3.05, 3.63) is 43.8 Å². The molecular formula is C13H12INO3. The highest BCUT2D eigenvalue weighted by molar-refractivity contribution is 14.1. The van der Waals surface area contributed by atoms with Crippen molar-refractivity contribution in [3.63, 3.8) is 0 Å². The Hall–Kier alpha value is -1.37. The van der Waals surface area contributed by atoms with Crippen LogP contribution in [0, 0.1) is 3.57 Å². The number of halogens is 1. The molecule has 1 N–H and O–H groups in total. The van der Waals surface area contributed by atoms with Crippen LogP contribution in [0.2, 0.25) is 0 Å². The van der Waals surface area contributed by atoms with Crippen molar-refractivity contribution < 1.29 is 9.90 Å². The molecule has 0 spiro atoms. The van der Waals surface area contributed by atoms with Crippen LogP contribution in [0.1, 0.15) is 30.4 Å². The van der Waals surface area contributed by atoms with Crippen molar-refractivity contribution >= 4 is 39.5 Å². The molecule has 2 aromatic rings. The van der Waals surface area contributed by atoms with E-state index in [1.54, 1.807) is 16.7 Å². The quantitative estimate of drug-likeness (QED) is 0.841. The second-order valence-corrected chi connectivity index (χ2v) is 5.57. The van der Waals surface area contributed by atoms with E-state index in [2.05, 4.69) is 22.6 Å². The van der Waals surface area contributed by atoms with E-state index in [-0.39, 0.29) is 17.2 Å². The standard InChI is InChI=1S/C13H12INO3/c1-7(2)15-10-4-3-8(14)5-9(10)12(16)6-11(15)13(17)18/h3-7H,1-2H3,(H,17,18). The van der Waals surface area contributed by atoms with Crippen LogP contribution in [0.25, 0.3) is 10.9 Å². The number of fused-ring (bicyclic) bond motifs is 1. The van der Waals surface area contributed by atoms with Gasteiger partial charge in [-0.15, -0.1) is 0 Å². The van der Waals surface area contributed by atoms with Crippen LogP contribution in [-0.2, 0) is 0 Å². The van der Waals surface area contributed by atoms with E-state index in [0.717, 1.165) is 3.57 Å². The number of hydrogen-bond acceptors (Lipinski definition) is 2. The zero-order chi connectivity index (χ0) is 13.4. The molecule has 1 heterocycles. The molecule has 0 radical (unpaired) electrons. The van der Waals surface area contributed by atoms with E-state index in [0.29, 0.717) is 10.9 Å². The van der Waals surface area contributed by atoms with Gasteiger partial charge in [0.1, 0.15) is 5.69 Å². The van der Waals surface area contributed by atoms with Gasteiger partial charge in [-0.3, -0.25) is 4.79 Å². The first-order chi connectivity index (χ1) is 8.41. The highest BCUT2D eigenvalue weighted by Crippen LogP contribution is 2.20. The molecule has 0 atom stereocenters. The molecule has 94 valence electrons. The van der Waals surface area contributed by atoms with Crippen molar-refractivity contribution in [1.82, 2.24) is 4.57 Å². The third kappa shape index (κ3) is 2.14. The largest absolute Gasteiger partial charge is 0.477 e. The zero-order valence-electron chi connectivity index (χ0n) is 9.98. The monoisotopic (exact) mass is 357 g/mol. The Balaban J connectivity index is 2.99. The number of rotatable bonds is 2. The molecule has 2 rings (SSSR count). The van der Waals surface area contributed by atoms with Crippen LogP contribution >= 0.6 is 22.6 Å². The maximum absolute atomic E-state index is 12.0. The Kier molecular flexibility index (Phi) is 3.43. The van der Waals surface area contributed by atoms with E-state index in [4.69, 9.17) is 0 Å². The number of nitrogens with zero attached hydrogens (tertiary/aromatic N) is 1. The summed E-state index contributed by atoms with van der Waals surface area (Å²) in [7, 11) is 0. The van der Waals surface area contributed by atoms with Crippen molar-refractivity contribution in [2.24, 2.45) is 0 Å². The summed E-state index contributed by atoms with van der Waals surface area (Å²) in [6.45, 7) is 3.79. The Morgan fingerprint density at radius 2 is 2.00 bits per heavy atom. The van der Waals surface area contributed by atoms with E-state index in [1.807, 2.05) is 19.9 Å². The predicted octanol–water partition coefficient (Wildman–Crippen LogP) is 2.89. The van der Waals surface area contributed by atoms with E-state index in [1.165, 1.54) is 6.07 Å². The molecule has 0 unspecified atom stereocenters. The van der Waals surface area contributed by atoms with Crippen LogP contribution in [0.4, 0.5) is 0 Å². The molecule has 0 saturated heterocycles. The minimum absolute atomic E-state index is 0.0285. The zero-order valence-corrected chi connectivity index (χ0v) is 12.1. The second kappa shape index (κ2) is 4.72. The Labute approximate surface area is 117 Å². The average molecular weight is 357 g/mol. The fourth-order valence-electron chi connectivity index (χ4n) is 2.04. The van der Waals surface area contributed by atoms with Gasteiger partial charge in [-0.2, -0.15) is 0 Å². The van der Waals surface area contributed by atoms with Crippen LogP contribution in [0.5, 0.6) is 0 Å². The van der Waals surface area contributed by atoms with Gasteiger partial charge in [-0.25, -0.2) is 4.79 Å². The molecule has 1 aromatic heterocycles. The lowest BCUT2D eigenvalue weighted by Crippen LogP contribution is -2.19. The molecule has 0 bridgehead atoms. The summed E-state index contributed by atoms with van der Waals surface area (Å²) in [6, 6.07) is 6.61. The number of aromatic nitrogens is 1. The summed E-state index contributed by atoms with van der Waals surface area (Å²) < 4.78 is 2.63. The molecular weight excluding hydrogens is 345 g/mol. The lowest BCUT2D eigenvalue weighted by Gasteiger charge is -2.18. The molecule has 4 nitrogen and oxygen atoms in total. The van der Waals surface area contributed by atoms with Crippen molar-refractivity contribution in [3.8, 4) is 0 Å². The molecule has 0 fully saturated rings. The lowest BCUT2D eigenvalue weighted by atomic mass is 10.1. The number of carboxylic acids is 1. The first-order valence-corrected chi connectivity index (χ1v) is 6.58. The SMILES string of the molecule is CC(C)n1c(C(=O)O)cc(=O)c2cc(I)ccc21. The highest BCUT2D eigenvalue weighted by atomic mass is 127. The van der Waals surface area contributed by atoms with Gasteiger partial charge >= 0.3 is 5.97 Å². The normalized spacial score (nSPS) is 11.1. The van der Waals surface area contributed by atoms with Crippen LogP contribution in [0.3, 0.4) is 0 Å². The highest BCUT2D eigenvalue weighted by Gasteiger charge is 2.16. The first-order valence-electron chi connectivity index (χ1n) is 5.50. The summed E-state index contributed by atoms with van der Waals surface area (Å²) in [5, 5.41) is 9.75. The van der Waals surface area contributed by atoms with Gasteiger partial charge < -0.3 is 9.67 Å². The number of pyridine rings is 1. The smallest absolute Gasteiger partial charge is 0.352 e. The predicted molar refractivity (Wildman–Crippen MR) is 78.3 cm³/mol. The van der Waals surface area contributed by atoms with Crippen LogP contribution < -0.4 is 5.43 Å². The summed E-state index contributed by atoms with van der Waals surface area (Å²) in [5.41, 5.74) is 0.442. The summed E-state index contributed by atoms with van der Waals surface area (Å²) in [4.78, 5) is 23.2. The third-order valence-corrected chi connectivity index (χ3v) is 3.42. The number of benzene rings is 1. The van der Waals surface area contributed by atoms with Gasteiger partial charge in [-0.1, -0.05) is 0 Å². The Bertz CT molecular complexity index is 688. The Morgan fingerprint density at radius 1 is 1.33 bits per heavy atom. The molecule has 1 aromatic carbocycles. The maximum Gasteiger partial charge on any atom is 0.352 e. The molecule has 0 aliphatic heterocycles. The molecule has 0 amide bonds. The van der Waals surface area contributed by atoms with Gasteiger partial charge in [0.05, 0.1) is 5.52 Å². The average Bonchev–Trinajstić information content (AvgIpc) is 2.28. The second-order valence-electron chi connectivity index (χ2n) is 4.32. The van der Waals surface area contributed by atoms with E-state index in [9.17, 15) is 14.7 Å². The summed E-state index contributed by atoms with van der Waals surface area (Å²) in [6.07, 6.45) is 0. The lowest BCUT2D eigenvalue weighted by molar-refractivity contribution is 0.0683. The molecule has 0 aliphatic rings. The summed E-state index contributed by atoms with van der Waals surface area (Å²) in [5.74, 6) is -1.08. The summed E-state index contributed by atoms with van der Waals surface area (Å²) >= 11 is 2.13. The van der Waals surface area contributed by atoms with Gasteiger partial charge in [0, 0.05) is 21.1 Å². The van der Waals surface area contributed by atoms with E-state index < -0.39 is 5.97 Å². The third-order valence-electron chi connectivity index (χ3n) is 2.75. The van der Waals surface area contributed by atoms with Crippen LogP contribution in [0.15, 0.2) is 29.1 Å². The number of carbonyl (C=O) groups is 1.